The van der Waals surface area contributed by atoms with Gasteiger partial charge in [-0.25, -0.2) is 17.8 Å². The number of oxazole rings is 1. The molecule has 29 heavy (non-hydrogen) atoms. The van der Waals surface area contributed by atoms with Crippen LogP contribution in [0.3, 0.4) is 0 Å². The largest absolute Gasteiger partial charge is 0.468 e. The monoisotopic (exact) mass is 412 g/mol. The molecule has 2 aromatic carbocycles. The Morgan fingerprint density at radius 2 is 1.66 bits per heavy atom. The first-order chi connectivity index (χ1) is 14.0. The molecule has 0 bridgehead atoms. The Morgan fingerprint density at radius 1 is 0.897 bits per heavy atom. The van der Waals surface area contributed by atoms with Crippen molar-refractivity contribution in [3.05, 3.63) is 96.5 Å². The molecule has 0 fully saturated rings. The summed E-state index contributed by atoms with van der Waals surface area (Å²) in [5.41, 5.74) is 1.17. The lowest BCUT2D eigenvalue weighted by Crippen LogP contribution is -2.31. The Kier molecular flexibility index (Phi) is 5.28. The summed E-state index contributed by atoms with van der Waals surface area (Å²) in [5.74, 6) is -0.0133. The number of rotatable bonds is 7. The highest BCUT2D eigenvalue weighted by molar-refractivity contribution is 7.89. The van der Waals surface area contributed by atoms with Gasteiger partial charge in [0.05, 0.1) is 25.0 Å². The highest BCUT2D eigenvalue weighted by Crippen LogP contribution is 2.25. The topological polar surface area (TPSA) is 76.6 Å². The molecule has 0 aliphatic carbocycles. The molecular weight excluding hydrogens is 395 g/mol. The standard InChI is InChI=1S/C21H17FN2O4S/c22-19-10-4-5-11-20(19)29(25,26)24(14-18-9-6-12-27-18)13-17-15-28-21(23-17)16-7-2-1-3-8-16/h1-12,15H,13-14H2. The minimum Gasteiger partial charge on any atom is -0.468 e. The maximum Gasteiger partial charge on any atom is 0.246 e. The van der Waals surface area contributed by atoms with Gasteiger partial charge in [0.2, 0.25) is 15.9 Å². The maximum absolute atomic E-state index is 14.2. The van der Waals surface area contributed by atoms with E-state index in [-0.39, 0.29) is 13.1 Å². The summed E-state index contributed by atoms with van der Waals surface area (Å²) in [5, 5.41) is 0. The number of nitrogens with zero attached hydrogens (tertiary/aromatic N) is 2. The lowest BCUT2D eigenvalue weighted by Gasteiger charge is -2.20. The summed E-state index contributed by atoms with van der Waals surface area (Å²) in [6, 6.07) is 17.8. The molecule has 2 aromatic heterocycles. The second-order valence-corrected chi connectivity index (χ2v) is 8.20. The first-order valence-electron chi connectivity index (χ1n) is 8.81. The minimum absolute atomic E-state index is 0.0722. The average Bonchev–Trinajstić information content (AvgIpc) is 3.40. The van der Waals surface area contributed by atoms with Gasteiger partial charge >= 0.3 is 0 Å². The van der Waals surface area contributed by atoms with E-state index < -0.39 is 20.7 Å². The van der Waals surface area contributed by atoms with Gasteiger partial charge in [0.1, 0.15) is 22.7 Å². The number of halogens is 1. The van der Waals surface area contributed by atoms with E-state index in [0.29, 0.717) is 17.3 Å². The molecule has 0 saturated heterocycles. The van der Waals surface area contributed by atoms with Crippen LogP contribution in [0.4, 0.5) is 4.39 Å². The van der Waals surface area contributed by atoms with Gasteiger partial charge in [0, 0.05) is 5.56 Å². The molecule has 0 unspecified atom stereocenters. The van der Waals surface area contributed by atoms with E-state index >= 15 is 0 Å². The SMILES string of the molecule is O=S(=O)(c1ccccc1F)N(Cc1coc(-c2ccccc2)n1)Cc1ccco1. The lowest BCUT2D eigenvalue weighted by atomic mass is 10.2. The van der Waals surface area contributed by atoms with Crippen LogP contribution in [0.5, 0.6) is 0 Å². The zero-order chi connectivity index (χ0) is 20.3. The third-order valence-electron chi connectivity index (χ3n) is 4.28. The molecule has 0 aliphatic rings. The average molecular weight is 412 g/mol. The van der Waals surface area contributed by atoms with Crippen LogP contribution in [0, 0.1) is 5.82 Å². The molecule has 0 amide bonds. The fourth-order valence-corrected chi connectivity index (χ4v) is 4.31. The van der Waals surface area contributed by atoms with E-state index in [2.05, 4.69) is 4.98 Å². The van der Waals surface area contributed by atoms with Crippen LogP contribution in [0.15, 0.2) is 93.0 Å². The predicted molar refractivity (Wildman–Crippen MR) is 103 cm³/mol. The molecule has 4 rings (SSSR count). The molecule has 0 radical (unpaired) electrons. The van der Waals surface area contributed by atoms with Crippen molar-refractivity contribution in [3.8, 4) is 11.5 Å². The van der Waals surface area contributed by atoms with Crippen molar-refractivity contribution in [3.63, 3.8) is 0 Å². The zero-order valence-corrected chi connectivity index (χ0v) is 16.0. The first kappa shape index (κ1) is 19.1. The normalized spacial score (nSPS) is 11.8. The summed E-state index contributed by atoms with van der Waals surface area (Å²) in [6.07, 6.45) is 2.85. The van der Waals surface area contributed by atoms with Crippen molar-refractivity contribution < 1.29 is 21.6 Å². The molecule has 0 spiro atoms. The Hall–Kier alpha value is -3.23. The number of hydrogen-bond acceptors (Lipinski definition) is 5. The van der Waals surface area contributed by atoms with Gasteiger partial charge in [-0.3, -0.25) is 0 Å². The van der Waals surface area contributed by atoms with Gasteiger partial charge in [-0.05, 0) is 36.4 Å². The van der Waals surface area contributed by atoms with Crippen molar-refractivity contribution in [2.75, 3.05) is 0 Å². The summed E-state index contributed by atoms with van der Waals surface area (Å²) in [6.45, 7) is -0.176. The van der Waals surface area contributed by atoms with Crippen molar-refractivity contribution in [2.24, 2.45) is 0 Å². The smallest absolute Gasteiger partial charge is 0.246 e. The summed E-state index contributed by atoms with van der Waals surface area (Å²) in [4.78, 5) is 3.98. The summed E-state index contributed by atoms with van der Waals surface area (Å²) >= 11 is 0. The second kappa shape index (κ2) is 8.02. The van der Waals surface area contributed by atoms with E-state index in [4.69, 9.17) is 8.83 Å². The van der Waals surface area contributed by atoms with Crippen LogP contribution in [0.25, 0.3) is 11.5 Å². The van der Waals surface area contributed by atoms with Crippen molar-refractivity contribution in [2.45, 2.75) is 18.0 Å². The molecule has 2 heterocycles. The van der Waals surface area contributed by atoms with E-state index in [0.717, 1.165) is 15.9 Å². The van der Waals surface area contributed by atoms with Gasteiger partial charge in [-0.2, -0.15) is 4.31 Å². The molecular formula is C21H17FN2O4S. The highest BCUT2D eigenvalue weighted by atomic mass is 32.2. The van der Waals surface area contributed by atoms with Gasteiger partial charge in [0.25, 0.3) is 0 Å². The third kappa shape index (κ3) is 4.13. The van der Waals surface area contributed by atoms with Gasteiger partial charge in [0.15, 0.2) is 0 Å². The van der Waals surface area contributed by atoms with Gasteiger partial charge < -0.3 is 8.83 Å². The number of furan rings is 1. The molecule has 0 aliphatic heterocycles. The Bertz CT molecular complexity index is 1190. The molecule has 6 nitrogen and oxygen atoms in total. The van der Waals surface area contributed by atoms with Crippen molar-refractivity contribution >= 4 is 10.0 Å². The van der Waals surface area contributed by atoms with Crippen LogP contribution < -0.4 is 0 Å². The van der Waals surface area contributed by atoms with Gasteiger partial charge in [-0.1, -0.05) is 30.3 Å². The Morgan fingerprint density at radius 3 is 2.38 bits per heavy atom. The lowest BCUT2D eigenvalue weighted by molar-refractivity contribution is 0.353. The highest BCUT2D eigenvalue weighted by Gasteiger charge is 2.29. The number of benzene rings is 2. The molecule has 4 aromatic rings. The molecule has 8 heteroatoms. The maximum atomic E-state index is 14.2. The van der Waals surface area contributed by atoms with Crippen molar-refractivity contribution in [1.82, 2.24) is 9.29 Å². The van der Waals surface area contributed by atoms with Gasteiger partial charge in [-0.15, -0.1) is 0 Å². The molecule has 148 valence electrons. The van der Waals surface area contributed by atoms with Crippen LogP contribution in [-0.4, -0.2) is 17.7 Å². The third-order valence-corrected chi connectivity index (χ3v) is 6.10. The summed E-state index contributed by atoms with van der Waals surface area (Å²) < 4.78 is 52.4. The predicted octanol–water partition coefficient (Wildman–Crippen LogP) is 4.46. The Balaban J connectivity index is 1.67. The number of aromatic nitrogens is 1. The zero-order valence-electron chi connectivity index (χ0n) is 15.2. The van der Waals surface area contributed by atoms with Crippen LogP contribution in [0.1, 0.15) is 11.5 Å². The minimum atomic E-state index is -4.14. The van der Waals surface area contributed by atoms with E-state index in [1.807, 2.05) is 30.3 Å². The first-order valence-corrected chi connectivity index (χ1v) is 10.2. The van der Waals surface area contributed by atoms with Crippen LogP contribution >= 0.6 is 0 Å². The van der Waals surface area contributed by atoms with E-state index in [9.17, 15) is 12.8 Å². The quantitative estimate of drug-likeness (QED) is 0.448. The fourth-order valence-electron chi connectivity index (χ4n) is 2.87. The van der Waals surface area contributed by atoms with Crippen molar-refractivity contribution in [1.29, 1.82) is 0 Å². The summed E-state index contributed by atoms with van der Waals surface area (Å²) in [7, 11) is -4.14. The molecule has 0 N–H and O–H groups in total. The fraction of sp³-hybridized carbons (Fsp3) is 0.0952. The van der Waals surface area contributed by atoms with E-state index in [1.54, 1.807) is 12.1 Å². The van der Waals surface area contributed by atoms with Crippen LogP contribution in [-0.2, 0) is 23.1 Å². The molecule has 0 atom stereocenters. The molecule has 0 saturated carbocycles. The Labute approximate surface area is 167 Å². The van der Waals surface area contributed by atoms with Crippen LogP contribution in [0.2, 0.25) is 0 Å². The number of sulfonamides is 1. The number of hydrogen-bond donors (Lipinski definition) is 0. The van der Waals surface area contributed by atoms with E-state index in [1.165, 1.54) is 30.7 Å². The second-order valence-electron chi connectivity index (χ2n) is 6.29.